The fourth-order valence-electron chi connectivity index (χ4n) is 6.96. The highest BCUT2D eigenvalue weighted by atomic mass is 16.3. The van der Waals surface area contributed by atoms with Crippen LogP contribution in [0.15, 0.2) is 30.3 Å². The summed E-state index contributed by atoms with van der Waals surface area (Å²) in [5, 5.41) is 12.0. The number of hydrogen-bond donors (Lipinski definition) is 1. The van der Waals surface area contributed by atoms with E-state index in [1.165, 1.54) is 38.5 Å². The quantitative estimate of drug-likeness (QED) is 0.307. The molecule has 1 aromatic rings. The van der Waals surface area contributed by atoms with Crippen LogP contribution in [-0.2, 0) is 10.4 Å². The molecule has 2 fully saturated rings. The number of nitrogens with zero attached hydrogens (tertiary/aromatic N) is 1. The van der Waals surface area contributed by atoms with E-state index in [1.54, 1.807) is 0 Å². The van der Waals surface area contributed by atoms with Gasteiger partial charge < -0.3 is 10.0 Å². The molecule has 0 spiro atoms. The second-order valence-corrected chi connectivity index (χ2v) is 11.8. The molecule has 4 atom stereocenters. The van der Waals surface area contributed by atoms with Gasteiger partial charge in [0.15, 0.2) is 0 Å². The Hall–Kier alpha value is -1.19. The van der Waals surface area contributed by atoms with Gasteiger partial charge in [0, 0.05) is 18.9 Å². The van der Waals surface area contributed by atoms with Crippen molar-refractivity contribution in [3.8, 4) is 0 Å². The zero-order valence-corrected chi connectivity index (χ0v) is 22.3. The number of carbonyl (C=O) groups excluding carboxylic acids is 1. The summed E-state index contributed by atoms with van der Waals surface area (Å²) in [6.45, 7) is 3.23. The summed E-state index contributed by atoms with van der Waals surface area (Å²) in [4.78, 5) is 15.9. The molecule has 3 unspecified atom stereocenters. The lowest BCUT2D eigenvalue weighted by molar-refractivity contribution is -0.128. The monoisotopic (exact) mass is 469 g/mol. The second-order valence-electron chi connectivity index (χ2n) is 11.8. The average molecular weight is 470 g/mol. The van der Waals surface area contributed by atoms with Crippen LogP contribution in [0.2, 0.25) is 0 Å². The second kappa shape index (κ2) is 13.8. The van der Waals surface area contributed by atoms with Crippen LogP contribution in [0.3, 0.4) is 0 Å². The van der Waals surface area contributed by atoms with E-state index in [9.17, 15) is 9.90 Å². The molecule has 2 saturated carbocycles. The smallest absolute Gasteiger partial charge is 0.136 e. The molecular formula is C31H51NO2. The van der Waals surface area contributed by atoms with Gasteiger partial charge in [-0.05, 0) is 69.5 Å². The van der Waals surface area contributed by atoms with Gasteiger partial charge in [-0.3, -0.25) is 4.79 Å². The van der Waals surface area contributed by atoms with Crippen LogP contribution in [0, 0.1) is 23.7 Å². The molecule has 3 heteroatoms. The van der Waals surface area contributed by atoms with Crippen molar-refractivity contribution in [1.29, 1.82) is 0 Å². The Morgan fingerprint density at radius 3 is 2.44 bits per heavy atom. The molecule has 3 nitrogen and oxygen atoms in total. The van der Waals surface area contributed by atoms with Crippen LogP contribution in [0.1, 0.15) is 109 Å². The Labute approximate surface area is 209 Å². The largest absolute Gasteiger partial charge is 0.385 e. The van der Waals surface area contributed by atoms with E-state index in [1.807, 2.05) is 18.2 Å². The molecule has 2 aliphatic rings. The van der Waals surface area contributed by atoms with Crippen LogP contribution >= 0.6 is 0 Å². The summed E-state index contributed by atoms with van der Waals surface area (Å²) < 4.78 is 0. The van der Waals surface area contributed by atoms with Gasteiger partial charge in [0.05, 0.1) is 5.60 Å². The minimum atomic E-state index is -0.805. The Morgan fingerprint density at radius 1 is 1.03 bits per heavy atom. The maximum atomic E-state index is 13.6. The predicted octanol–water partition coefficient (Wildman–Crippen LogP) is 7.37. The van der Waals surface area contributed by atoms with Crippen LogP contribution in [0.4, 0.5) is 0 Å². The lowest BCUT2D eigenvalue weighted by Crippen LogP contribution is -2.40. The summed E-state index contributed by atoms with van der Waals surface area (Å²) in [7, 11) is 4.29. The lowest BCUT2D eigenvalue weighted by Gasteiger charge is -2.41. The molecular weight excluding hydrogens is 418 g/mol. The Balaban J connectivity index is 1.67. The van der Waals surface area contributed by atoms with Crippen molar-refractivity contribution < 1.29 is 9.90 Å². The number of ketones is 1. The van der Waals surface area contributed by atoms with Gasteiger partial charge in [-0.25, -0.2) is 0 Å². The predicted molar refractivity (Wildman–Crippen MR) is 143 cm³/mol. The van der Waals surface area contributed by atoms with Crippen molar-refractivity contribution in [2.75, 3.05) is 20.6 Å². The molecule has 0 radical (unpaired) electrons. The van der Waals surface area contributed by atoms with Crippen molar-refractivity contribution in [3.63, 3.8) is 0 Å². The van der Waals surface area contributed by atoms with E-state index in [0.29, 0.717) is 11.7 Å². The molecule has 0 aliphatic heterocycles. The highest BCUT2D eigenvalue weighted by Crippen LogP contribution is 2.45. The highest BCUT2D eigenvalue weighted by molar-refractivity contribution is 5.81. The maximum absolute atomic E-state index is 13.6. The molecule has 34 heavy (non-hydrogen) atoms. The topological polar surface area (TPSA) is 40.5 Å². The maximum Gasteiger partial charge on any atom is 0.136 e. The number of rotatable bonds is 13. The molecule has 3 rings (SSSR count). The minimum absolute atomic E-state index is 0.121. The molecule has 0 aromatic heterocycles. The lowest BCUT2D eigenvalue weighted by atomic mass is 9.67. The fourth-order valence-corrected chi connectivity index (χ4v) is 6.96. The van der Waals surface area contributed by atoms with Gasteiger partial charge >= 0.3 is 0 Å². The van der Waals surface area contributed by atoms with Crippen LogP contribution in [-0.4, -0.2) is 36.4 Å². The summed E-state index contributed by atoms with van der Waals surface area (Å²) in [6.07, 6.45) is 16.9. The SMILES string of the molecule is CCCCCC(O)(c1ccccc1)C1CCCC(C(=O)C[C@@H](CC2CCCCC2)CN(C)C)C1. The highest BCUT2D eigenvalue weighted by Gasteiger charge is 2.42. The third-order valence-electron chi connectivity index (χ3n) is 8.74. The van der Waals surface area contributed by atoms with Crippen molar-refractivity contribution in [1.82, 2.24) is 4.90 Å². The zero-order valence-electron chi connectivity index (χ0n) is 22.3. The first-order chi connectivity index (χ1) is 16.4. The Morgan fingerprint density at radius 2 is 1.76 bits per heavy atom. The van der Waals surface area contributed by atoms with Gasteiger partial charge in [0.1, 0.15) is 5.78 Å². The van der Waals surface area contributed by atoms with E-state index in [-0.39, 0.29) is 11.8 Å². The Bertz CT molecular complexity index is 711. The zero-order chi connectivity index (χ0) is 24.4. The van der Waals surface area contributed by atoms with Gasteiger partial charge in [0.2, 0.25) is 0 Å². The van der Waals surface area contributed by atoms with Crippen molar-refractivity contribution in [2.24, 2.45) is 23.7 Å². The first-order valence-corrected chi connectivity index (χ1v) is 14.4. The van der Waals surface area contributed by atoms with E-state index in [2.05, 4.69) is 38.1 Å². The van der Waals surface area contributed by atoms with Crippen molar-refractivity contribution in [2.45, 2.75) is 109 Å². The van der Waals surface area contributed by atoms with Gasteiger partial charge in [-0.2, -0.15) is 0 Å². The molecule has 1 aromatic carbocycles. The summed E-state index contributed by atoms with van der Waals surface area (Å²) in [5.74, 6) is 2.06. The number of hydrogen-bond acceptors (Lipinski definition) is 3. The number of unbranched alkanes of at least 4 members (excludes halogenated alkanes) is 2. The van der Waals surface area contributed by atoms with Gasteiger partial charge in [-0.15, -0.1) is 0 Å². The average Bonchev–Trinajstić information content (AvgIpc) is 2.85. The molecule has 0 bridgehead atoms. The van der Waals surface area contributed by atoms with Crippen LogP contribution < -0.4 is 0 Å². The summed E-state index contributed by atoms with van der Waals surface area (Å²) >= 11 is 0. The number of aliphatic hydroxyl groups is 1. The van der Waals surface area contributed by atoms with Gasteiger partial charge in [0.25, 0.3) is 0 Å². The number of carbonyl (C=O) groups is 1. The Kier molecular flexibility index (Phi) is 11.1. The standard InChI is InChI=1S/C31H51NO2/c1-4-5-12-20-31(34,28-17-10-7-11-18-28)29-19-13-16-27(23-29)30(33)22-26(24-32(2)3)21-25-14-8-6-9-15-25/h7,10-11,17-18,25-27,29,34H,4-6,8-9,12-16,19-24H2,1-3H3/t26-,27?,29?,31?/m1/s1. The fraction of sp³-hybridized carbons (Fsp3) is 0.774. The van der Waals surface area contributed by atoms with E-state index < -0.39 is 5.60 Å². The molecule has 1 N–H and O–H groups in total. The van der Waals surface area contributed by atoms with E-state index in [4.69, 9.17) is 0 Å². The van der Waals surface area contributed by atoms with E-state index in [0.717, 1.165) is 75.8 Å². The molecule has 0 saturated heterocycles. The molecule has 2 aliphatic carbocycles. The minimum Gasteiger partial charge on any atom is -0.385 e. The summed E-state index contributed by atoms with van der Waals surface area (Å²) in [6, 6.07) is 10.3. The molecule has 192 valence electrons. The summed E-state index contributed by atoms with van der Waals surface area (Å²) in [5.41, 5.74) is 0.243. The van der Waals surface area contributed by atoms with Crippen LogP contribution in [0.5, 0.6) is 0 Å². The van der Waals surface area contributed by atoms with Gasteiger partial charge in [-0.1, -0.05) is 95.0 Å². The normalized spacial score (nSPS) is 24.6. The third kappa shape index (κ3) is 7.92. The third-order valence-corrected chi connectivity index (χ3v) is 8.74. The molecule has 0 amide bonds. The van der Waals surface area contributed by atoms with Crippen LogP contribution in [0.25, 0.3) is 0 Å². The van der Waals surface area contributed by atoms with E-state index >= 15 is 0 Å². The number of benzene rings is 1. The molecule has 0 heterocycles. The first-order valence-electron chi connectivity index (χ1n) is 14.4. The first kappa shape index (κ1) is 27.4. The van der Waals surface area contributed by atoms with Crippen molar-refractivity contribution >= 4 is 5.78 Å². The number of Topliss-reactive ketones (excluding diaryl/α,β-unsaturated/α-hetero) is 1. The van der Waals surface area contributed by atoms with Crippen molar-refractivity contribution in [3.05, 3.63) is 35.9 Å².